The van der Waals surface area contributed by atoms with Crippen LogP contribution in [0.2, 0.25) is 0 Å². The number of hydrogen-bond donors (Lipinski definition) is 2. The lowest BCUT2D eigenvalue weighted by Crippen LogP contribution is -2.43. The Labute approximate surface area is 203 Å². The third-order valence-corrected chi connectivity index (χ3v) is 7.01. The van der Waals surface area contributed by atoms with E-state index < -0.39 is 47.5 Å². The minimum atomic E-state index is -4.96. The topological polar surface area (TPSA) is 64.3 Å². The van der Waals surface area contributed by atoms with E-state index in [2.05, 4.69) is 5.32 Å². The van der Waals surface area contributed by atoms with E-state index in [1.165, 1.54) is 12.1 Å². The van der Waals surface area contributed by atoms with E-state index in [0.717, 1.165) is 0 Å². The van der Waals surface area contributed by atoms with Gasteiger partial charge >= 0.3 is 12.4 Å². The molecule has 4 rings (SSSR count). The molecular weight excluding hydrogens is 493 g/mol. The summed E-state index contributed by atoms with van der Waals surface area (Å²) in [6.07, 6.45) is -9.12. The number of halogens is 7. The molecule has 196 valence electrons. The summed E-state index contributed by atoms with van der Waals surface area (Å²) in [6, 6.07) is 6.73. The number of nitrogens with one attached hydrogen (secondary N) is 1. The molecule has 1 amide bonds. The van der Waals surface area contributed by atoms with Gasteiger partial charge in [0, 0.05) is 12.0 Å². The van der Waals surface area contributed by atoms with Crippen molar-refractivity contribution in [3.8, 4) is 0 Å². The third kappa shape index (κ3) is 5.51. The number of amides is 1. The first-order valence-corrected chi connectivity index (χ1v) is 11.4. The molecule has 4 nitrogen and oxygen atoms in total. The SMILES string of the molecule is C[C@@]1(N)C[C@@H]([C@@H]2CC[C@H](OCc3cc(C(F)(F)F)cc(C(F)(F)F)c3)[C@H]2c2ccc(F)cc2)NC1=O. The number of benzene rings is 2. The number of rotatable bonds is 5. The van der Waals surface area contributed by atoms with Gasteiger partial charge in [0.1, 0.15) is 5.82 Å². The van der Waals surface area contributed by atoms with Crippen molar-refractivity contribution in [2.75, 3.05) is 0 Å². The maximum Gasteiger partial charge on any atom is 0.416 e. The van der Waals surface area contributed by atoms with Crippen molar-refractivity contribution in [3.05, 3.63) is 70.5 Å². The number of alkyl halides is 6. The molecule has 2 fully saturated rings. The zero-order valence-corrected chi connectivity index (χ0v) is 19.2. The van der Waals surface area contributed by atoms with Crippen LogP contribution in [0.3, 0.4) is 0 Å². The fourth-order valence-corrected chi connectivity index (χ4v) is 5.28. The fourth-order valence-electron chi connectivity index (χ4n) is 5.28. The normalized spacial score (nSPS) is 29.0. The lowest BCUT2D eigenvalue weighted by molar-refractivity contribution is -0.143. The third-order valence-electron chi connectivity index (χ3n) is 7.01. The summed E-state index contributed by atoms with van der Waals surface area (Å²) in [5.41, 5.74) is 2.62. The summed E-state index contributed by atoms with van der Waals surface area (Å²) in [5, 5.41) is 2.90. The van der Waals surface area contributed by atoms with Crippen LogP contribution in [-0.4, -0.2) is 23.6 Å². The van der Waals surface area contributed by atoms with Crippen LogP contribution in [0.4, 0.5) is 30.7 Å². The molecule has 0 bridgehead atoms. The molecule has 1 aliphatic carbocycles. The van der Waals surface area contributed by atoms with Crippen molar-refractivity contribution >= 4 is 5.91 Å². The van der Waals surface area contributed by atoms with Crippen molar-refractivity contribution in [2.24, 2.45) is 11.7 Å². The molecule has 5 atom stereocenters. The molecule has 11 heteroatoms. The number of nitrogens with two attached hydrogens (primary N) is 1. The molecule has 36 heavy (non-hydrogen) atoms. The highest BCUT2D eigenvalue weighted by molar-refractivity contribution is 5.88. The van der Waals surface area contributed by atoms with Crippen LogP contribution < -0.4 is 11.1 Å². The first kappa shape index (κ1) is 26.4. The number of hydrogen-bond acceptors (Lipinski definition) is 3. The summed E-state index contributed by atoms with van der Waals surface area (Å²) in [5.74, 6) is -1.31. The Morgan fingerprint density at radius 1 is 1.00 bits per heavy atom. The zero-order valence-electron chi connectivity index (χ0n) is 19.2. The Morgan fingerprint density at radius 3 is 2.08 bits per heavy atom. The van der Waals surface area contributed by atoms with E-state index in [-0.39, 0.29) is 35.4 Å². The van der Waals surface area contributed by atoms with E-state index in [4.69, 9.17) is 10.5 Å². The molecule has 1 aliphatic heterocycles. The van der Waals surface area contributed by atoms with Crippen LogP contribution >= 0.6 is 0 Å². The Hall–Kier alpha value is -2.66. The van der Waals surface area contributed by atoms with Crippen molar-refractivity contribution in [1.29, 1.82) is 0 Å². The highest BCUT2D eigenvalue weighted by Gasteiger charge is 2.49. The molecule has 0 unspecified atom stereocenters. The summed E-state index contributed by atoms with van der Waals surface area (Å²) in [7, 11) is 0. The predicted molar refractivity (Wildman–Crippen MR) is 116 cm³/mol. The van der Waals surface area contributed by atoms with Crippen LogP contribution in [0.5, 0.6) is 0 Å². The Bertz CT molecular complexity index is 1080. The van der Waals surface area contributed by atoms with Crippen molar-refractivity contribution in [2.45, 2.75) is 68.7 Å². The van der Waals surface area contributed by atoms with E-state index in [1.807, 2.05) is 0 Å². The second-order valence-electron chi connectivity index (χ2n) is 9.78. The number of ether oxygens (including phenoxy) is 1. The van der Waals surface area contributed by atoms with Gasteiger partial charge in [-0.2, -0.15) is 26.3 Å². The standard InChI is InChI=1S/C25H25F7N2O2/c1-23(33)11-19(34-22(23)35)18-6-7-20(21(18)14-2-4-17(26)5-3-14)36-12-13-8-15(24(27,28)29)10-16(9-13)25(30,31)32/h2-5,8-10,18-21H,6-7,11-12,33H2,1H3,(H,34,35)/t18-,19-,20-,21-,23+/m0/s1. The highest BCUT2D eigenvalue weighted by Crippen LogP contribution is 2.46. The number of carbonyl (C=O) groups is 1. The maximum atomic E-state index is 13.6. The van der Waals surface area contributed by atoms with Gasteiger partial charge < -0.3 is 15.8 Å². The summed E-state index contributed by atoms with van der Waals surface area (Å²) in [6.45, 7) is 1.14. The lowest BCUT2D eigenvalue weighted by Gasteiger charge is -2.30. The Kier molecular flexibility index (Phi) is 6.85. The molecule has 0 spiro atoms. The van der Waals surface area contributed by atoms with Crippen molar-refractivity contribution in [3.63, 3.8) is 0 Å². The molecule has 2 aromatic rings. The van der Waals surface area contributed by atoms with Crippen LogP contribution in [0.1, 0.15) is 54.4 Å². The first-order chi connectivity index (χ1) is 16.6. The van der Waals surface area contributed by atoms with Gasteiger partial charge in [-0.15, -0.1) is 0 Å². The molecular formula is C25H25F7N2O2. The lowest BCUT2D eigenvalue weighted by atomic mass is 9.81. The van der Waals surface area contributed by atoms with Gasteiger partial charge in [-0.05, 0) is 73.6 Å². The monoisotopic (exact) mass is 518 g/mol. The molecule has 3 N–H and O–H groups in total. The second-order valence-corrected chi connectivity index (χ2v) is 9.78. The van der Waals surface area contributed by atoms with Gasteiger partial charge in [0.05, 0.1) is 29.4 Å². The first-order valence-electron chi connectivity index (χ1n) is 11.4. The largest absolute Gasteiger partial charge is 0.416 e. The van der Waals surface area contributed by atoms with E-state index >= 15 is 0 Å². The minimum Gasteiger partial charge on any atom is -0.373 e. The number of carbonyl (C=O) groups excluding carboxylic acids is 1. The highest BCUT2D eigenvalue weighted by atomic mass is 19.4. The molecule has 1 heterocycles. The van der Waals surface area contributed by atoms with Gasteiger partial charge in [0.15, 0.2) is 0 Å². The molecule has 0 radical (unpaired) electrons. The van der Waals surface area contributed by atoms with Gasteiger partial charge in [0.25, 0.3) is 0 Å². The fraction of sp³-hybridized carbons (Fsp3) is 0.480. The van der Waals surface area contributed by atoms with Gasteiger partial charge in [-0.25, -0.2) is 4.39 Å². The quantitative estimate of drug-likeness (QED) is 0.511. The molecule has 1 saturated heterocycles. The molecule has 1 saturated carbocycles. The van der Waals surface area contributed by atoms with E-state index in [1.54, 1.807) is 19.1 Å². The summed E-state index contributed by atoms with van der Waals surface area (Å²) in [4.78, 5) is 12.3. The molecule has 0 aromatic heterocycles. The van der Waals surface area contributed by atoms with Gasteiger partial charge in [-0.3, -0.25) is 4.79 Å². The smallest absolute Gasteiger partial charge is 0.373 e. The van der Waals surface area contributed by atoms with Crippen molar-refractivity contribution in [1.82, 2.24) is 5.32 Å². The summed E-state index contributed by atoms with van der Waals surface area (Å²) < 4.78 is 98.9. The van der Waals surface area contributed by atoms with E-state index in [9.17, 15) is 35.5 Å². The zero-order chi connectivity index (χ0) is 26.5. The van der Waals surface area contributed by atoms with Crippen LogP contribution in [0, 0.1) is 11.7 Å². The van der Waals surface area contributed by atoms with Gasteiger partial charge in [0.2, 0.25) is 5.91 Å². The summed E-state index contributed by atoms with van der Waals surface area (Å²) >= 11 is 0. The predicted octanol–water partition coefficient (Wildman–Crippen LogP) is 5.55. The van der Waals surface area contributed by atoms with Crippen LogP contribution in [0.25, 0.3) is 0 Å². The van der Waals surface area contributed by atoms with Crippen LogP contribution in [0.15, 0.2) is 42.5 Å². The minimum absolute atomic E-state index is 0.0724. The second kappa shape index (κ2) is 9.33. The van der Waals surface area contributed by atoms with Gasteiger partial charge in [-0.1, -0.05) is 12.1 Å². The average molecular weight is 518 g/mol. The Balaban J connectivity index is 1.60. The Morgan fingerprint density at radius 2 is 1.58 bits per heavy atom. The van der Waals surface area contributed by atoms with E-state index in [0.29, 0.717) is 37.0 Å². The van der Waals surface area contributed by atoms with Crippen LogP contribution in [-0.2, 0) is 28.5 Å². The molecule has 2 aliphatic rings. The maximum absolute atomic E-state index is 13.6. The molecule has 2 aromatic carbocycles. The average Bonchev–Trinajstić information content (AvgIpc) is 3.31. The van der Waals surface area contributed by atoms with Crippen molar-refractivity contribution < 1.29 is 40.3 Å².